The van der Waals surface area contributed by atoms with Crippen LogP contribution in [0.15, 0.2) is 189 Å². The van der Waals surface area contributed by atoms with E-state index in [1.54, 1.807) is 6.08 Å². The van der Waals surface area contributed by atoms with Gasteiger partial charge >= 0.3 is 0 Å². The summed E-state index contributed by atoms with van der Waals surface area (Å²) in [5, 5.41) is 0. The monoisotopic (exact) mass is 734 g/mol. The molecule has 0 fully saturated rings. The normalized spacial score (nSPS) is 13.3. The van der Waals surface area contributed by atoms with Crippen LogP contribution < -0.4 is 4.90 Å². The van der Waals surface area contributed by atoms with E-state index in [-0.39, 0.29) is 5.41 Å². The van der Waals surface area contributed by atoms with Crippen LogP contribution in [0, 0.1) is 6.92 Å². The number of imidazole rings is 2. The van der Waals surface area contributed by atoms with Crippen LogP contribution in [0.5, 0.6) is 0 Å². The SMILES string of the molecule is C=C/C=C\c1nc2n(-c3ccc(-c4ccc(N5c6ccc(-c7ccccc7)cc6C(C)(C)c6cc(-c7ccccc7)ccc65)cc4)cc3)c3ccccc3n2c1C. The number of aryl methyl sites for hydroxylation is 1. The number of hydrogen-bond acceptors (Lipinski definition) is 2. The molecule has 4 heteroatoms. The highest BCUT2D eigenvalue weighted by Gasteiger charge is 2.37. The highest BCUT2D eigenvalue weighted by molar-refractivity contribution is 5.90. The summed E-state index contributed by atoms with van der Waals surface area (Å²) in [7, 11) is 0. The summed E-state index contributed by atoms with van der Waals surface area (Å²) in [4.78, 5) is 7.51. The van der Waals surface area contributed by atoms with Crippen LogP contribution >= 0.6 is 0 Å². The van der Waals surface area contributed by atoms with E-state index in [2.05, 4.69) is 211 Å². The largest absolute Gasteiger partial charge is 0.310 e. The number of rotatable bonds is 7. The van der Waals surface area contributed by atoms with Gasteiger partial charge in [0.25, 0.3) is 0 Å². The third-order valence-corrected chi connectivity index (χ3v) is 11.7. The molecule has 0 spiro atoms. The van der Waals surface area contributed by atoms with Crippen LogP contribution in [0.3, 0.4) is 0 Å². The minimum atomic E-state index is -0.228. The molecule has 9 aromatic rings. The molecular weight excluding hydrogens is 693 g/mol. The van der Waals surface area contributed by atoms with Gasteiger partial charge in [-0.3, -0.25) is 8.97 Å². The van der Waals surface area contributed by atoms with Crippen LogP contribution in [0.1, 0.15) is 36.4 Å². The predicted molar refractivity (Wildman–Crippen MR) is 239 cm³/mol. The summed E-state index contributed by atoms with van der Waals surface area (Å²) in [5.74, 6) is 0.895. The number of aromatic nitrogens is 3. The second kappa shape index (κ2) is 13.5. The van der Waals surface area contributed by atoms with Crippen LogP contribution in [0.4, 0.5) is 17.1 Å². The predicted octanol–water partition coefficient (Wildman–Crippen LogP) is 13.9. The van der Waals surface area contributed by atoms with Crippen LogP contribution in [0.2, 0.25) is 0 Å². The molecule has 0 radical (unpaired) electrons. The zero-order valence-corrected chi connectivity index (χ0v) is 32.4. The lowest BCUT2D eigenvalue weighted by molar-refractivity contribution is 0.632. The van der Waals surface area contributed by atoms with E-state index in [0.717, 1.165) is 50.7 Å². The average molecular weight is 735 g/mol. The Hall–Kier alpha value is -7.17. The molecule has 0 N–H and O–H groups in total. The molecule has 0 unspecified atom stereocenters. The number of benzene rings is 7. The highest BCUT2D eigenvalue weighted by Crippen LogP contribution is 2.53. The molecule has 274 valence electrons. The topological polar surface area (TPSA) is 25.5 Å². The maximum atomic E-state index is 5.07. The van der Waals surface area contributed by atoms with Gasteiger partial charge in [-0.2, -0.15) is 0 Å². The van der Waals surface area contributed by atoms with Crippen LogP contribution in [0.25, 0.3) is 62.0 Å². The maximum absolute atomic E-state index is 5.07. The Morgan fingerprint density at radius 1 is 0.526 bits per heavy atom. The van der Waals surface area contributed by atoms with Gasteiger partial charge in [-0.15, -0.1) is 0 Å². The minimum Gasteiger partial charge on any atom is -0.310 e. The summed E-state index contributed by atoms with van der Waals surface area (Å²) in [6.07, 6.45) is 5.75. The van der Waals surface area contributed by atoms with Crippen LogP contribution in [-0.4, -0.2) is 14.0 Å². The number of anilines is 3. The van der Waals surface area contributed by atoms with Crippen molar-refractivity contribution in [1.82, 2.24) is 14.0 Å². The summed E-state index contributed by atoms with van der Waals surface area (Å²) >= 11 is 0. The second-order valence-electron chi connectivity index (χ2n) is 15.4. The van der Waals surface area contributed by atoms with Crippen molar-refractivity contribution >= 4 is 39.9 Å². The number of para-hydroxylation sites is 2. The first-order valence-electron chi connectivity index (χ1n) is 19.6. The maximum Gasteiger partial charge on any atom is 0.220 e. The van der Waals surface area contributed by atoms with Gasteiger partial charge in [-0.25, -0.2) is 4.98 Å². The first-order chi connectivity index (χ1) is 27.9. The Labute approximate surface area is 334 Å². The second-order valence-corrected chi connectivity index (χ2v) is 15.4. The van der Waals surface area contributed by atoms with Crippen molar-refractivity contribution < 1.29 is 0 Å². The quantitative estimate of drug-likeness (QED) is 0.152. The van der Waals surface area contributed by atoms with E-state index >= 15 is 0 Å². The number of hydrogen-bond donors (Lipinski definition) is 0. The zero-order valence-electron chi connectivity index (χ0n) is 32.4. The third-order valence-electron chi connectivity index (χ3n) is 11.7. The molecule has 7 aromatic carbocycles. The molecule has 0 amide bonds. The van der Waals surface area contributed by atoms with Gasteiger partial charge in [-0.05, 0) is 118 Å². The lowest BCUT2D eigenvalue weighted by atomic mass is 9.72. The Kier molecular flexibility index (Phi) is 8.15. The van der Waals surface area contributed by atoms with E-state index in [1.807, 2.05) is 12.2 Å². The van der Waals surface area contributed by atoms with E-state index < -0.39 is 0 Å². The molecule has 10 rings (SSSR count). The highest BCUT2D eigenvalue weighted by atomic mass is 15.2. The molecule has 57 heavy (non-hydrogen) atoms. The van der Waals surface area contributed by atoms with Crippen molar-refractivity contribution in [1.29, 1.82) is 0 Å². The minimum absolute atomic E-state index is 0.228. The lowest BCUT2D eigenvalue weighted by Crippen LogP contribution is -2.30. The molecule has 0 bridgehead atoms. The Balaban J connectivity index is 1.04. The smallest absolute Gasteiger partial charge is 0.220 e. The fourth-order valence-corrected chi connectivity index (χ4v) is 8.71. The fourth-order valence-electron chi connectivity index (χ4n) is 8.71. The molecule has 0 aliphatic carbocycles. The number of allylic oxidation sites excluding steroid dienone is 2. The van der Waals surface area contributed by atoms with Gasteiger partial charge in [-0.1, -0.05) is 142 Å². The summed E-state index contributed by atoms with van der Waals surface area (Å²) in [6, 6.07) is 61.7. The van der Waals surface area contributed by atoms with Crippen molar-refractivity contribution in [2.75, 3.05) is 4.90 Å². The third kappa shape index (κ3) is 5.64. The molecule has 0 saturated carbocycles. The number of nitrogens with zero attached hydrogens (tertiary/aromatic N) is 4. The van der Waals surface area contributed by atoms with Crippen LogP contribution in [-0.2, 0) is 5.41 Å². The lowest BCUT2D eigenvalue weighted by Gasteiger charge is -2.42. The molecule has 3 heterocycles. The van der Waals surface area contributed by atoms with E-state index in [1.165, 1.54) is 44.8 Å². The van der Waals surface area contributed by atoms with Gasteiger partial charge in [0.1, 0.15) is 0 Å². The van der Waals surface area contributed by atoms with Gasteiger partial charge in [0.2, 0.25) is 5.78 Å². The molecule has 1 aliphatic heterocycles. The van der Waals surface area contributed by atoms with E-state index in [4.69, 9.17) is 4.98 Å². The van der Waals surface area contributed by atoms with Crippen molar-refractivity contribution in [3.05, 3.63) is 211 Å². The molecule has 0 saturated heterocycles. The van der Waals surface area contributed by atoms with Gasteiger partial charge < -0.3 is 4.90 Å². The summed E-state index contributed by atoms with van der Waals surface area (Å²) in [6.45, 7) is 10.7. The van der Waals surface area contributed by atoms with E-state index in [0.29, 0.717) is 0 Å². The summed E-state index contributed by atoms with van der Waals surface area (Å²) in [5.41, 5.74) is 18.5. The van der Waals surface area contributed by atoms with Crippen molar-refractivity contribution in [2.45, 2.75) is 26.2 Å². The average Bonchev–Trinajstić information content (AvgIpc) is 3.76. The van der Waals surface area contributed by atoms with Crippen molar-refractivity contribution in [3.8, 4) is 39.1 Å². The first kappa shape index (κ1) is 34.3. The standard InChI is InChI=1S/C53H42N4/c1-5-6-19-47-36(2)55-50-20-13-14-21-51(50)57(52(55)54-47)44-30-24-40(25-31-44)39-22-28-43(29-23-39)56-48-32-26-41(37-15-9-7-10-16-37)34-45(48)53(3,4)46-35-42(27-33-49(46)56)38-17-11-8-12-18-38/h5-35H,1H2,2-4H3/b19-6-. The molecule has 1 aliphatic rings. The fraction of sp³-hybridized carbons (Fsp3) is 0.0755. The van der Waals surface area contributed by atoms with Gasteiger partial charge in [0.15, 0.2) is 0 Å². The van der Waals surface area contributed by atoms with Crippen molar-refractivity contribution in [3.63, 3.8) is 0 Å². The molecule has 0 atom stereocenters. The van der Waals surface area contributed by atoms with Gasteiger partial charge in [0, 0.05) is 22.5 Å². The van der Waals surface area contributed by atoms with Gasteiger partial charge in [0.05, 0.1) is 28.1 Å². The summed E-state index contributed by atoms with van der Waals surface area (Å²) < 4.78 is 4.49. The number of fused-ring (bicyclic) bond motifs is 5. The Morgan fingerprint density at radius 2 is 1.00 bits per heavy atom. The Bertz CT molecular complexity index is 2890. The molecule has 4 nitrogen and oxygen atoms in total. The molecular formula is C53H42N4. The first-order valence-corrected chi connectivity index (χ1v) is 19.6. The molecule has 2 aromatic heterocycles. The van der Waals surface area contributed by atoms with E-state index in [9.17, 15) is 0 Å². The zero-order chi connectivity index (χ0) is 38.7. The van der Waals surface area contributed by atoms with Crippen molar-refractivity contribution in [2.24, 2.45) is 0 Å². The Morgan fingerprint density at radius 3 is 1.54 bits per heavy atom.